The van der Waals surface area contributed by atoms with E-state index in [1.165, 1.54) is 17.2 Å². The van der Waals surface area contributed by atoms with E-state index in [1.807, 2.05) is 30.3 Å². The van der Waals surface area contributed by atoms with Crippen LogP contribution in [0.3, 0.4) is 0 Å². The van der Waals surface area contributed by atoms with Gasteiger partial charge in [0.05, 0.1) is 23.0 Å². The Kier molecular flexibility index (Phi) is 6.80. The van der Waals surface area contributed by atoms with Gasteiger partial charge in [0.25, 0.3) is 11.5 Å². The molecule has 0 radical (unpaired) electrons. The van der Waals surface area contributed by atoms with Crippen LogP contribution in [0.1, 0.15) is 29.3 Å². The van der Waals surface area contributed by atoms with Gasteiger partial charge in [0.15, 0.2) is 16.7 Å². The first-order chi connectivity index (χ1) is 17.4. The van der Waals surface area contributed by atoms with E-state index in [-0.39, 0.29) is 28.4 Å². The van der Waals surface area contributed by atoms with E-state index in [0.29, 0.717) is 27.0 Å². The third kappa shape index (κ3) is 4.74. The molecule has 1 aliphatic carbocycles. The molecule has 184 valence electrons. The molecule has 2 heterocycles. The van der Waals surface area contributed by atoms with Gasteiger partial charge >= 0.3 is 0 Å². The average Bonchev–Trinajstić information content (AvgIpc) is 3.23. The first-order valence-electron chi connectivity index (χ1n) is 11.5. The van der Waals surface area contributed by atoms with Crippen molar-refractivity contribution in [2.24, 2.45) is 11.0 Å². The van der Waals surface area contributed by atoms with Crippen LogP contribution in [0, 0.1) is 5.92 Å². The quantitative estimate of drug-likeness (QED) is 0.115. The van der Waals surface area contributed by atoms with Crippen LogP contribution in [0.15, 0.2) is 63.6 Å². The number of fused-ring (bicyclic) bond motifs is 3. The summed E-state index contributed by atoms with van der Waals surface area (Å²) in [7, 11) is 0. The Labute approximate surface area is 215 Å². The zero-order valence-electron chi connectivity index (χ0n) is 19.5. The maximum atomic E-state index is 13.7. The lowest BCUT2D eigenvalue weighted by molar-refractivity contribution is -0.118. The minimum atomic E-state index is -0.399. The SMILES string of the molecule is CC1CCc2c(sc3nc(SCC(=O)N/N=C/c4cccc(O)c4O)n(-c4ccccc4)c(=O)c23)C1. The second kappa shape index (κ2) is 10.2. The molecule has 1 amide bonds. The van der Waals surface area contributed by atoms with E-state index in [9.17, 15) is 19.8 Å². The zero-order chi connectivity index (χ0) is 25.2. The van der Waals surface area contributed by atoms with E-state index in [0.717, 1.165) is 36.6 Å². The monoisotopic (exact) mass is 520 g/mol. The number of thioether (sulfide) groups is 1. The first kappa shape index (κ1) is 24.1. The highest BCUT2D eigenvalue weighted by molar-refractivity contribution is 7.99. The molecule has 0 fully saturated rings. The maximum Gasteiger partial charge on any atom is 0.267 e. The number of nitrogens with zero attached hydrogens (tertiary/aromatic N) is 3. The molecule has 0 spiro atoms. The van der Waals surface area contributed by atoms with Crippen molar-refractivity contribution in [2.75, 3.05) is 5.75 Å². The van der Waals surface area contributed by atoms with Gasteiger partial charge in [0, 0.05) is 10.4 Å². The molecule has 0 saturated heterocycles. The van der Waals surface area contributed by atoms with Crippen LogP contribution >= 0.6 is 23.1 Å². The molecule has 1 aliphatic rings. The van der Waals surface area contributed by atoms with Crippen molar-refractivity contribution in [2.45, 2.75) is 31.3 Å². The summed E-state index contributed by atoms with van der Waals surface area (Å²) in [4.78, 5) is 33.0. The zero-order valence-corrected chi connectivity index (χ0v) is 21.1. The number of para-hydroxylation sites is 2. The summed E-state index contributed by atoms with van der Waals surface area (Å²) in [6.45, 7) is 2.23. The van der Waals surface area contributed by atoms with Crippen LogP contribution in [0.25, 0.3) is 15.9 Å². The van der Waals surface area contributed by atoms with Gasteiger partial charge < -0.3 is 10.2 Å². The number of aromatic nitrogens is 2. The number of phenols is 2. The number of aryl methyl sites for hydroxylation is 1. The van der Waals surface area contributed by atoms with Crippen molar-refractivity contribution in [3.63, 3.8) is 0 Å². The molecule has 8 nitrogen and oxygen atoms in total. The predicted molar refractivity (Wildman–Crippen MR) is 143 cm³/mol. The lowest BCUT2D eigenvalue weighted by Crippen LogP contribution is -2.24. The summed E-state index contributed by atoms with van der Waals surface area (Å²) in [5.41, 5.74) is 4.38. The topological polar surface area (TPSA) is 117 Å². The smallest absolute Gasteiger partial charge is 0.267 e. The molecule has 10 heteroatoms. The van der Waals surface area contributed by atoms with Gasteiger partial charge in [-0.2, -0.15) is 5.10 Å². The molecule has 3 N–H and O–H groups in total. The Morgan fingerprint density at radius 3 is 2.86 bits per heavy atom. The fourth-order valence-corrected chi connectivity index (χ4v) is 6.49. The molecule has 0 saturated carbocycles. The van der Waals surface area contributed by atoms with Crippen molar-refractivity contribution < 1.29 is 15.0 Å². The van der Waals surface area contributed by atoms with Gasteiger partial charge in [-0.1, -0.05) is 43.0 Å². The molecule has 2 aromatic carbocycles. The lowest BCUT2D eigenvalue weighted by atomic mass is 9.89. The summed E-state index contributed by atoms with van der Waals surface area (Å²) >= 11 is 2.74. The van der Waals surface area contributed by atoms with Crippen LogP contribution in [-0.2, 0) is 17.6 Å². The van der Waals surface area contributed by atoms with Crippen LogP contribution in [0.5, 0.6) is 11.5 Å². The molecule has 1 unspecified atom stereocenters. The van der Waals surface area contributed by atoms with Crippen LogP contribution < -0.4 is 11.0 Å². The normalized spacial score (nSPS) is 15.3. The highest BCUT2D eigenvalue weighted by atomic mass is 32.2. The number of phenolic OH excluding ortho intramolecular Hbond substituents is 2. The molecule has 36 heavy (non-hydrogen) atoms. The summed E-state index contributed by atoms with van der Waals surface area (Å²) in [5.74, 6) is -0.421. The van der Waals surface area contributed by atoms with E-state index in [2.05, 4.69) is 17.5 Å². The summed E-state index contributed by atoms with van der Waals surface area (Å²) in [5, 5.41) is 24.4. The predicted octanol–water partition coefficient (Wildman–Crippen LogP) is 4.23. The van der Waals surface area contributed by atoms with E-state index in [4.69, 9.17) is 4.98 Å². The Morgan fingerprint density at radius 1 is 1.25 bits per heavy atom. The Morgan fingerprint density at radius 2 is 2.06 bits per heavy atom. The molecular weight excluding hydrogens is 496 g/mol. The number of nitrogens with one attached hydrogen (secondary N) is 1. The molecule has 0 bridgehead atoms. The lowest BCUT2D eigenvalue weighted by Gasteiger charge is -2.17. The number of benzene rings is 2. The van der Waals surface area contributed by atoms with Crippen molar-refractivity contribution >= 4 is 45.4 Å². The number of carbonyl (C=O) groups excluding carboxylic acids is 1. The van der Waals surface area contributed by atoms with Gasteiger partial charge in [-0.15, -0.1) is 11.3 Å². The Bertz CT molecular complexity index is 1530. The number of aromatic hydroxyl groups is 2. The fraction of sp³-hybridized carbons (Fsp3) is 0.231. The number of hydrogen-bond donors (Lipinski definition) is 3. The highest BCUT2D eigenvalue weighted by Crippen LogP contribution is 2.37. The number of rotatable bonds is 6. The van der Waals surface area contributed by atoms with Crippen LogP contribution in [0.2, 0.25) is 0 Å². The number of hydrazone groups is 1. The molecule has 4 aromatic rings. The van der Waals surface area contributed by atoms with Gasteiger partial charge in [-0.25, -0.2) is 10.4 Å². The van der Waals surface area contributed by atoms with E-state index in [1.54, 1.807) is 28.0 Å². The molecular formula is C26H24N4O4S2. The highest BCUT2D eigenvalue weighted by Gasteiger charge is 2.25. The molecule has 0 aliphatic heterocycles. The third-order valence-corrected chi connectivity index (χ3v) is 8.17. The fourth-order valence-electron chi connectivity index (χ4n) is 4.26. The summed E-state index contributed by atoms with van der Waals surface area (Å²) in [6, 6.07) is 13.8. The molecule has 2 aromatic heterocycles. The van der Waals surface area contributed by atoms with Gasteiger partial charge in [0.2, 0.25) is 0 Å². The third-order valence-electron chi connectivity index (χ3n) is 6.08. The van der Waals surface area contributed by atoms with Gasteiger partial charge in [0.1, 0.15) is 4.83 Å². The largest absolute Gasteiger partial charge is 0.504 e. The van der Waals surface area contributed by atoms with Crippen molar-refractivity contribution in [3.8, 4) is 17.2 Å². The van der Waals surface area contributed by atoms with Crippen molar-refractivity contribution in [1.82, 2.24) is 15.0 Å². The van der Waals surface area contributed by atoms with Crippen LogP contribution in [0.4, 0.5) is 0 Å². The number of amides is 1. The van der Waals surface area contributed by atoms with Crippen molar-refractivity contribution in [1.29, 1.82) is 0 Å². The second-order valence-corrected chi connectivity index (χ2v) is 10.7. The van der Waals surface area contributed by atoms with E-state index < -0.39 is 5.91 Å². The second-order valence-electron chi connectivity index (χ2n) is 8.70. The number of carbonyl (C=O) groups is 1. The average molecular weight is 521 g/mol. The molecule has 1 atom stereocenters. The van der Waals surface area contributed by atoms with Gasteiger partial charge in [-0.3, -0.25) is 14.2 Å². The van der Waals surface area contributed by atoms with Gasteiger partial charge in [-0.05, 0) is 55.0 Å². The minimum absolute atomic E-state index is 0.0176. The standard InChI is InChI=1S/C26H24N4O4S2/c1-15-10-11-18-20(12-15)36-24-22(18)25(34)30(17-7-3-2-4-8-17)26(28-24)35-14-21(32)29-27-13-16-6-5-9-19(31)23(16)33/h2-9,13,15,31,33H,10-12,14H2,1H3,(H,29,32)/b27-13+. The number of hydrogen-bond acceptors (Lipinski definition) is 8. The van der Waals surface area contributed by atoms with Crippen molar-refractivity contribution in [3.05, 3.63) is 74.9 Å². The Hall–Kier alpha value is -3.63. The minimum Gasteiger partial charge on any atom is -0.504 e. The Balaban J connectivity index is 1.42. The van der Waals surface area contributed by atoms with E-state index >= 15 is 0 Å². The maximum absolute atomic E-state index is 13.7. The molecule has 5 rings (SSSR count). The summed E-state index contributed by atoms with van der Waals surface area (Å²) in [6.07, 6.45) is 4.14. The number of thiophene rings is 1. The van der Waals surface area contributed by atoms with Crippen LogP contribution in [-0.4, -0.2) is 37.6 Å². The summed E-state index contributed by atoms with van der Waals surface area (Å²) < 4.78 is 1.58. The first-order valence-corrected chi connectivity index (χ1v) is 13.3.